The molecule has 6 rings (SSSR count). The topological polar surface area (TPSA) is 109 Å². The van der Waals surface area contributed by atoms with Crippen LogP contribution in [0.25, 0.3) is 22.6 Å². The minimum absolute atomic E-state index is 0.0943. The fraction of sp³-hybridized carbons (Fsp3) is 0.200. The summed E-state index contributed by atoms with van der Waals surface area (Å²) in [4.78, 5) is 18.7. The first-order chi connectivity index (χ1) is 21.3. The zero-order valence-electron chi connectivity index (χ0n) is 24.1. The molecular weight excluding hydrogens is 629 g/mol. The molecule has 10 nitrogen and oxygen atoms in total. The van der Waals surface area contributed by atoms with E-state index in [2.05, 4.69) is 33.8 Å². The highest BCUT2D eigenvalue weighted by Gasteiger charge is 2.36. The molecule has 1 aromatic heterocycles. The Balaban J connectivity index is 1.30. The van der Waals surface area contributed by atoms with E-state index in [1.54, 1.807) is 23.1 Å². The van der Waals surface area contributed by atoms with Crippen LogP contribution >= 0.6 is 11.8 Å². The van der Waals surface area contributed by atoms with Gasteiger partial charge in [0.25, 0.3) is 0 Å². The van der Waals surface area contributed by atoms with Crippen molar-refractivity contribution in [1.82, 2.24) is 8.96 Å². The van der Waals surface area contributed by atoms with Crippen LogP contribution in [-0.4, -0.2) is 53.8 Å². The fourth-order valence-electron chi connectivity index (χ4n) is 5.10. The Morgan fingerprint density at radius 3 is 2.49 bits per heavy atom. The number of amides is 1. The van der Waals surface area contributed by atoms with Crippen molar-refractivity contribution in [2.75, 3.05) is 22.0 Å². The van der Waals surface area contributed by atoms with E-state index >= 15 is 0 Å². The van der Waals surface area contributed by atoms with Crippen molar-refractivity contribution in [3.63, 3.8) is 0 Å². The number of hydrogen-bond donors (Lipinski definition) is 0. The quantitative estimate of drug-likeness (QED) is 0.180. The van der Waals surface area contributed by atoms with Crippen molar-refractivity contribution < 1.29 is 31.1 Å². The maximum Gasteiger partial charge on any atom is 0.573 e. The third kappa shape index (κ3) is 5.68. The summed E-state index contributed by atoms with van der Waals surface area (Å²) in [7, 11) is -2.76. The summed E-state index contributed by atoms with van der Waals surface area (Å²) in [5.74, 6) is 0.0576. The van der Waals surface area contributed by atoms with Gasteiger partial charge in [0.1, 0.15) is 5.75 Å². The van der Waals surface area contributed by atoms with Crippen molar-refractivity contribution in [1.29, 1.82) is 0 Å². The number of fused-ring (bicyclic) bond motifs is 3. The second-order valence-corrected chi connectivity index (χ2v) is 13.2. The number of rotatable bonds is 6. The summed E-state index contributed by atoms with van der Waals surface area (Å²) in [6, 6.07) is 17.6. The van der Waals surface area contributed by atoms with E-state index in [4.69, 9.17) is 0 Å². The van der Waals surface area contributed by atoms with E-state index in [-0.39, 0.29) is 29.1 Å². The van der Waals surface area contributed by atoms with Crippen LogP contribution in [0.15, 0.2) is 83.1 Å². The largest absolute Gasteiger partial charge is 0.573 e. The Morgan fingerprint density at radius 1 is 1.04 bits per heavy atom. The maximum atomic E-state index is 13.6. The summed E-state index contributed by atoms with van der Waals surface area (Å²) in [6.45, 7) is 4.10. The van der Waals surface area contributed by atoms with Gasteiger partial charge in [-0.2, -0.15) is 13.5 Å². The van der Waals surface area contributed by atoms with Crippen molar-refractivity contribution in [3.05, 3.63) is 84.1 Å². The van der Waals surface area contributed by atoms with Gasteiger partial charge < -0.3 is 4.74 Å². The molecule has 2 aliphatic heterocycles. The van der Waals surface area contributed by atoms with Crippen LogP contribution in [0.5, 0.6) is 5.75 Å². The fourth-order valence-corrected chi connectivity index (χ4v) is 7.32. The van der Waals surface area contributed by atoms with Crippen molar-refractivity contribution in [2.24, 2.45) is 10.2 Å². The third-order valence-corrected chi connectivity index (χ3v) is 9.83. The first kappa shape index (κ1) is 30.4. The number of nitrogens with zero attached hydrogens (tertiary/aromatic N) is 6. The number of anilines is 2. The molecule has 0 saturated carbocycles. The molecule has 0 unspecified atom stereocenters. The van der Waals surface area contributed by atoms with E-state index < -0.39 is 22.3 Å². The Bertz CT molecular complexity index is 1970. The van der Waals surface area contributed by atoms with Crippen LogP contribution in [0, 0.1) is 0 Å². The van der Waals surface area contributed by atoms with Gasteiger partial charge in [-0.1, -0.05) is 49.9 Å². The number of para-hydroxylation sites is 1. The zero-order valence-corrected chi connectivity index (χ0v) is 25.7. The molecule has 2 aliphatic rings. The Morgan fingerprint density at radius 2 is 1.78 bits per heavy atom. The van der Waals surface area contributed by atoms with Gasteiger partial charge in [0.15, 0.2) is 11.0 Å². The van der Waals surface area contributed by atoms with Crippen molar-refractivity contribution in [2.45, 2.75) is 26.1 Å². The van der Waals surface area contributed by atoms with E-state index in [9.17, 15) is 26.4 Å². The number of thioether (sulfide) groups is 1. The number of benzene rings is 3. The highest BCUT2D eigenvalue weighted by atomic mass is 32.2. The van der Waals surface area contributed by atoms with Crippen LogP contribution in [0.1, 0.15) is 30.9 Å². The number of imidazole rings is 1. The van der Waals surface area contributed by atoms with E-state index in [0.717, 1.165) is 31.7 Å². The Kier molecular flexibility index (Phi) is 7.69. The summed E-state index contributed by atoms with van der Waals surface area (Å²) in [5.41, 5.74) is 3.71. The van der Waals surface area contributed by atoms with Gasteiger partial charge in [-0.3, -0.25) is 14.0 Å². The number of carbonyl (C=O) groups excluding carboxylic acids is 1. The number of ether oxygens (including phenoxy) is 1. The molecule has 15 heteroatoms. The molecular formula is C30H25F3N6O4S2. The number of hydrogen-bond acceptors (Lipinski definition) is 8. The monoisotopic (exact) mass is 654 g/mol. The number of amidine groups is 1. The Labute approximate surface area is 261 Å². The molecule has 0 bridgehead atoms. The summed E-state index contributed by atoms with van der Waals surface area (Å²) in [6.07, 6.45) is -2.02. The standard InChI is InChI=1S/C30H25F3N6O4S2/c1-18(2)22-6-4-5-7-24(22)38-27(40)17-44-29(38)36-35-15-19-8-13-23-25(14-19)37(3)45(41,42)39-26(16-34-28(23)39)20-9-11-21(12-10-20)43-30(31,32)33/h4-16,18H,17H2,1-3H3/b35-15+,36-29-. The smallest absolute Gasteiger partial charge is 0.406 e. The van der Waals surface area contributed by atoms with Crippen LogP contribution in [0.2, 0.25) is 0 Å². The first-order valence-electron chi connectivity index (χ1n) is 13.6. The van der Waals surface area contributed by atoms with Crippen LogP contribution in [-0.2, 0) is 15.0 Å². The molecule has 232 valence electrons. The average Bonchev–Trinajstić information content (AvgIpc) is 3.60. The lowest BCUT2D eigenvalue weighted by Gasteiger charge is -2.29. The van der Waals surface area contributed by atoms with Crippen molar-refractivity contribution in [3.8, 4) is 28.4 Å². The lowest BCUT2D eigenvalue weighted by atomic mass is 10.0. The average molecular weight is 655 g/mol. The van der Waals surface area contributed by atoms with Crippen LogP contribution in [0.3, 0.4) is 0 Å². The number of alkyl halides is 3. The van der Waals surface area contributed by atoms with Gasteiger partial charge in [0, 0.05) is 18.2 Å². The molecule has 1 amide bonds. The van der Waals surface area contributed by atoms with Crippen LogP contribution in [0.4, 0.5) is 24.5 Å². The van der Waals surface area contributed by atoms with E-state index in [0.29, 0.717) is 27.5 Å². The Hall–Kier alpha value is -4.63. The first-order valence-corrected chi connectivity index (χ1v) is 16.0. The second-order valence-electron chi connectivity index (χ2n) is 10.4. The highest BCUT2D eigenvalue weighted by Crippen LogP contribution is 2.41. The lowest BCUT2D eigenvalue weighted by Crippen LogP contribution is -2.36. The minimum Gasteiger partial charge on any atom is -0.406 e. The zero-order chi connectivity index (χ0) is 32.1. The summed E-state index contributed by atoms with van der Waals surface area (Å²) in [5, 5.41) is 8.97. The lowest BCUT2D eigenvalue weighted by molar-refractivity contribution is -0.274. The molecule has 0 aliphatic carbocycles. The predicted octanol–water partition coefficient (Wildman–Crippen LogP) is 6.25. The molecule has 3 aromatic carbocycles. The molecule has 0 spiro atoms. The highest BCUT2D eigenvalue weighted by molar-refractivity contribution is 8.15. The predicted molar refractivity (Wildman–Crippen MR) is 168 cm³/mol. The van der Waals surface area contributed by atoms with E-state index in [1.165, 1.54) is 43.4 Å². The van der Waals surface area contributed by atoms with Gasteiger partial charge in [-0.05, 0) is 59.5 Å². The molecule has 1 fully saturated rings. The van der Waals surface area contributed by atoms with Gasteiger partial charge in [0.05, 0.1) is 35.2 Å². The minimum atomic E-state index is -4.85. The summed E-state index contributed by atoms with van der Waals surface area (Å²) < 4.78 is 71.0. The van der Waals surface area contributed by atoms with Gasteiger partial charge >= 0.3 is 16.6 Å². The molecule has 0 N–H and O–H groups in total. The molecule has 45 heavy (non-hydrogen) atoms. The van der Waals surface area contributed by atoms with Crippen molar-refractivity contribution >= 4 is 50.6 Å². The molecule has 0 radical (unpaired) electrons. The number of carbonyl (C=O) groups is 1. The van der Waals surface area contributed by atoms with E-state index in [1.807, 2.05) is 24.3 Å². The SMILES string of the molecule is CC(C)c1ccccc1N1C(=O)CS/C1=N\N=C\c1ccc2c(c1)N(C)S(=O)(=O)n1c(-c3ccc(OC(F)(F)F)cc3)cnc1-2. The van der Waals surface area contributed by atoms with Gasteiger partial charge in [-0.15, -0.1) is 18.3 Å². The van der Waals surface area contributed by atoms with Gasteiger partial charge in [-0.25, -0.2) is 8.96 Å². The van der Waals surface area contributed by atoms with Crippen LogP contribution < -0.4 is 13.9 Å². The number of aromatic nitrogens is 2. The molecule has 0 atom stereocenters. The third-order valence-electron chi connectivity index (χ3n) is 7.20. The van der Waals surface area contributed by atoms with Gasteiger partial charge in [0.2, 0.25) is 5.91 Å². The molecule has 4 aromatic rings. The number of halogens is 3. The maximum absolute atomic E-state index is 13.6. The normalized spacial score (nSPS) is 17.0. The molecule has 1 saturated heterocycles. The molecule has 3 heterocycles. The second kappa shape index (κ2) is 11.4. The summed E-state index contributed by atoms with van der Waals surface area (Å²) >= 11 is 1.28.